The van der Waals surface area contributed by atoms with Crippen molar-refractivity contribution in [3.8, 4) is 0 Å². The molecule has 0 unspecified atom stereocenters. The Labute approximate surface area is 95.0 Å². The second-order valence-corrected chi connectivity index (χ2v) is 4.51. The van der Waals surface area contributed by atoms with Crippen molar-refractivity contribution in [1.29, 1.82) is 0 Å². The summed E-state index contributed by atoms with van der Waals surface area (Å²) in [6, 6.07) is 4.41. The van der Waals surface area contributed by atoms with E-state index in [1.54, 1.807) is 0 Å². The summed E-state index contributed by atoms with van der Waals surface area (Å²) in [5.74, 6) is 0.641. The molecule has 2 aromatic heterocycles. The van der Waals surface area contributed by atoms with Gasteiger partial charge >= 0.3 is 0 Å². The molecule has 1 aliphatic heterocycles. The molecule has 0 amide bonds. The van der Waals surface area contributed by atoms with Crippen LogP contribution in [0.1, 0.15) is 29.9 Å². The number of nitrogens with zero attached hydrogens (tertiary/aromatic N) is 2. The number of pyridine rings is 1. The Morgan fingerprint density at radius 2 is 2.12 bits per heavy atom. The summed E-state index contributed by atoms with van der Waals surface area (Å²) in [5, 5.41) is 4.36. The fourth-order valence-electron chi connectivity index (χ4n) is 2.40. The summed E-state index contributed by atoms with van der Waals surface area (Å²) >= 11 is 0. The molecule has 0 N–H and O–H groups in total. The van der Waals surface area contributed by atoms with Crippen LogP contribution in [0.25, 0.3) is 5.52 Å². The molecule has 0 aliphatic carbocycles. The van der Waals surface area contributed by atoms with Crippen LogP contribution in [0.4, 0.5) is 0 Å². The van der Waals surface area contributed by atoms with Gasteiger partial charge in [-0.1, -0.05) is 6.07 Å². The lowest BCUT2D eigenvalue weighted by molar-refractivity contribution is 0.0852. The molecule has 0 spiro atoms. The number of ether oxygens (including phenoxy) is 1. The molecule has 1 saturated heterocycles. The van der Waals surface area contributed by atoms with E-state index >= 15 is 0 Å². The Morgan fingerprint density at radius 3 is 2.94 bits per heavy atom. The SMILES string of the molecule is Cc1cnn2cc(C3CCOCC3)ccc12. The fourth-order valence-corrected chi connectivity index (χ4v) is 2.40. The third kappa shape index (κ3) is 1.61. The Kier molecular flexibility index (Phi) is 2.40. The van der Waals surface area contributed by atoms with E-state index in [1.807, 2.05) is 10.7 Å². The zero-order chi connectivity index (χ0) is 11.0. The van der Waals surface area contributed by atoms with Gasteiger partial charge in [-0.15, -0.1) is 0 Å². The van der Waals surface area contributed by atoms with E-state index < -0.39 is 0 Å². The van der Waals surface area contributed by atoms with Gasteiger partial charge in [0.05, 0.1) is 11.7 Å². The van der Waals surface area contributed by atoms with Gasteiger partial charge in [-0.25, -0.2) is 4.52 Å². The maximum atomic E-state index is 5.39. The highest BCUT2D eigenvalue weighted by Gasteiger charge is 2.16. The molecule has 1 fully saturated rings. The molecule has 3 heteroatoms. The molecule has 2 aromatic rings. The van der Waals surface area contributed by atoms with Crippen molar-refractivity contribution in [2.24, 2.45) is 0 Å². The molecule has 0 radical (unpaired) electrons. The Hall–Kier alpha value is -1.35. The van der Waals surface area contributed by atoms with Crippen LogP contribution in [0, 0.1) is 6.92 Å². The molecule has 0 aromatic carbocycles. The van der Waals surface area contributed by atoms with Gasteiger partial charge in [0.25, 0.3) is 0 Å². The average Bonchev–Trinajstić information content (AvgIpc) is 2.72. The van der Waals surface area contributed by atoms with Crippen molar-refractivity contribution in [1.82, 2.24) is 9.61 Å². The van der Waals surface area contributed by atoms with E-state index in [9.17, 15) is 0 Å². The van der Waals surface area contributed by atoms with Crippen molar-refractivity contribution in [3.63, 3.8) is 0 Å². The number of aromatic nitrogens is 2. The summed E-state index contributed by atoms with van der Waals surface area (Å²) in [4.78, 5) is 0. The van der Waals surface area contributed by atoms with Gasteiger partial charge in [0.15, 0.2) is 0 Å². The van der Waals surface area contributed by atoms with Crippen molar-refractivity contribution < 1.29 is 4.74 Å². The van der Waals surface area contributed by atoms with Crippen LogP contribution in [0.5, 0.6) is 0 Å². The third-order valence-electron chi connectivity index (χ3n) is 3.42. The Morgan fingerprint density at radius 1 is 1.31 bits per heavy atom. The predicted molar refractivity (Wildman–Crippen MR) is 62.7 cm³/mol. The van der Waals surface area contributed by atoms with E-state index in [0.29, 0.717) is 5.92 Å². The van der Waals surface area contributed by atoms with Crippen LogP contribution in [0.15, 0.2) is 24.5 Å². The fraction of sp³-hybridized carbons (Fsp3) is 0.462. The minimum absolute atomic E-state index is 0.641. The smallest absolute Gasteiger partial charge is 0.0690 e. The lowest BCUT2D eigenvalue weighted by Gasteiger charge is -2.22. The summed E-state index contributed by atoms with van der Waals surface area (Å²) in [5.41, 5.74) is 3.83. The Bertz CT molecular complexity index is 498. The largest absolute Gasteiger partial charge is 0.381 e. The van der Waals surface area contributed by atoms with Crippen molar-refractivity contribution >= 4 is 5.52 Å². The quantitative estimate of drug-likeness (QED) is 0.732. The molecule has 3 rings (SSSR count). The summed E-state index contributed by atoms with van der Waals surface area (Å²) in [6.07, 6.45) is 6.35. The molecule has 1 aliphatic rings. The topological polar surface area (TPSA) is 26.5 Å². The second-order valence-electron chi connectivity index (χ2n) is 4.51. The van der Waals surface area contributed by atoms with Gasteiger partial charge in [0.2, 0.25) is 0 Å². The van der Waals surface area contributed by atoms with Crippen LogP contribution in [0.2, 0.25) is 0 Å². The number of aryl methyl sites for hydroxylation is 1. The van der Waals surface area contributed by atoms with Crippen molar-refractivity contribution in [3.05, 3.63) is 35.7 Å². The van der Waals surface area contributed by atoms with Crippen LogP contribution >= 0.6 is 0 Å². The predicted octanol–water partition coefficient (Wildman–Crippen LogP) is 2.54. The van der Waals surface area contributed by atoms with Crippen molar-refractivity contribution in [2.75, 3.05) is 13.2 Å². The highest BCUT2D eigenvalue weighted by atomic mass is 16.5. The number of hydrogen-bond acceptors (Lipinski definition) is 2. The van der Waals surface area contributed by atoms with E-state index in [2.05, 4.69) is 30.4 Å². The lowest BCUT2D eigenvalue weighted by Crippen LogP contribution is -2.14. The first-order valence-corrected chi connectivity index (χ1v) is 5.86. The highest BCUT2D eigenvalue weighted by Crippen LogP contribution is 2.27. The number of fused-ring (bicyclic) bond motifs is 1. The molecule has 3 nitrogen and oxygen atoms in total. The van der Waals surface area contributed by atoms with E-state index in [0.717, 1.165) is 26.1 Å². The Balaban J connectivity index is 1.97. The standard InChI is InChI=1S/C13H16N2O/c1-10-8-14-15-9-12(2-3-13(10)15)11-4-6-16-7-5-11/h2-3,8-9,11H,4-7H2,1H3. The number of hydrogen-bond donors (Lipinski definition) is 0. The van der Waals surface area contributed by atoms with E-state index in [1.165, 1.54) is 16.6 Å². The maximum Gasteiger partial charge on any atom is 0.0690 e. The second kappa shape index (κ2) is 3.91. The molecule has 0 bridgehead atoms. The van der Waals surface area contributed by atoms with Gasteiger partial charge in [-0.05, 0) is 42.9 Å². The van der Waals surface area contributed by atoms with Crippen molar-refractivity contribution in [2.45, 2.75) is 25.7 Å². The summed E-state index contributed by atoms with van der Waals surface area (Å²) in [6.45, 7) is 3.87. The molecular formula is C13H16N2O. The van der Waals surface area contributed by atoms with Crippen LogP contribution < -0.4 is 0 Å². The first-order chi connectivity index (χ1) is 7.84. The van der Waals surface area contributed by atoms with Gasteiger partial charge in [-0.3, -0.25) is 0 Å². The normalized spacial score (nSPS) is 18.1. The van der Waals surface area contributed by atoms with Crippen LogP contribution in [-0.4, -0.2) is 22.8 Å². The molecule has 84 valence electrons. The maximum absolute atomic E-state index is 5.39. The van der Waals surface area contributed by atoms with E-state index in [4.69, 9.17) is 4.74 Å². The van der Waals surface area contributed by atoms with Gasteiger partial charge in [0, 0.05) is 19.4 Å². The first-order valence-electron chi connectivity index (χ1n) is 5.86. The summed E-state index contributed by atoms with van der Waals surface area (Å²) < 4.78 is 7.38. The zero-order valence-electron chi connectivity index (χ0n) is 9.52. The van der Waals surface area contributed by atoms with Crippen LogP contribution in [-0.2, 0) is 4.74 Å². The first kappa shape index (κ1) is 9.85. The van der Waals surface area contributed by atoms with Gasteiger partial charge in [-0.2, -0.15) is 5.10 Å². The molecule has 0 atom stereocenters. The minimum atomic E-state index is 0.641. The number of rotatable bonds is 1. The van der Waals surface area contributed by atoms with Gasteiger partial charge < -0.3 is 4.74 Å². The summed E-state index contributed by atoms with van der Waals surface area (Å²) in [7, 11) is 0. The molecular weight excluding hydrogens is 200 g/mol. The van der Waals surface area contributed by atoms with Crippen LogP contribution in [0.3, 0.4) is 0 Å². The molecule has 16 heavy (non-hydrogen) atoms. The van der Waals surface area contributed by atoms with Gasteiger partial charge in [0.1, 0.15) is 0 Å². The van der Waals surface area contributed by atoms with E-state index in [-0.39, 0.29) is 0 Å². The monoisotopic (exact) mass is 216 g/mol. The third-order valence-corrected chi connectivity index (χ3v) is 3.42. The molecule has 3 heterocycles. The minimum Gasteiger partial charge on any atom is -0.381 e. The lowest BCUT2D eigenvalue weighted by atomic mass is 9.93. The average molecular weight is 216 g/mol. The molecule has 0 saturated carbocycles. The highest BCUT2D eigenvalue weighted by molar-refractivity contribution is 5.53. The zero-order valence-corrected chi connectivity index (χ0v) is 9.52.